The highest BCUT2D eigenvalue weighted by Crippen LogP contribution is 2.31. The molecule has 0 N–H and O–H groups in total. The lowest BCUT2D eigenvalue weighted by Gasteiger charge is -2.25. The predicted octanol–water partition coefficient (Wildman–Crippen LogP) is 3.55. The van der Waals surface area contributed by atoms with Crippen LogP contribution >= 0.6 is 11.6 Å². The highest BCUT2D eigenvalue weighted by Gasteiger charge is 2.29. The molecule has 4 nitrogen and oxygen atoms in total. The number of carbonyl (C=O) groups is 1. The van der Waals surface area contributed by atoms with Crippen molar-refractivity contribution in [2.45, 2.75) is 25.3 Å². The number of pyridine rings is 1. The average molecular weight is 358 g/mol. The number of likely N-dealkylation sites (tertiary alicyclic amines) is 1. The molecule has 2 heterocycles. The zero-order chi connectivity index (χ0) is 17.8. The molecule has 0 saturated carbocycles. The first-order chi connectivity index (χ1) is 12.0. The fourth-order valence-electron chi connectivity index (χ4n) is 3.28. The van der Waals surface area contributed by atoms with Crippen molar-refractivity contribution in [3.05, 3.63) is 64.4 Å². The van der Waals surface area contributed by atoms with Gasteiger partial charge in [0.05, 0.1) is 18.3 Å². The summed E-state index contributed by atoms with van der Waals surface area (Å²) in [7, 11) is 3.60. The number of nitrogens with zero attached hydrogens (tertiary/aromatic N) is 3. The molecule has 1 saturated heterocycles. The number of likely N-dealkylation sites (N-methyl/N-ethyl adjacent to an activating group) is 1. The lowest BCUT2D eigenvalue weighted by molar-refractivity contribution is -0.130. The second kappa shape index (κ2) is 7.98. The van der Waals surface area contributed by atoms with Crippen LogP contribution in [0.4, 0.5) is 0 Å². The zero-order valence-electron chi connectivity index (χ0n) is 14.8. The SMILES string of the molecule is CN(C)C(=O)CN1CCC[C@H]1c1cccc(Cc2ccccc2Cl)n1. The minimum absolute atomic E-state index is 0.138. The van der Waals surface area contributed by atoms with Crippen molar-refractivity contribution in [1.29, 1.82) is 0 Å². The van der Waals surface area contributed by atoms with Gasteiger partial charge in [0.25, 0.3) is 0 Å². The summed E-state index contributed by atoms with van der Waals surface area (Å²) in [5.74, 6) is 0.138. The number of aromatic nitrogens is 1. The molecule has 132 valence electrons. The Morgan fingerprint density at radius 3 is 2.80 bits per heavy atom. The molecule has 1 aromatic heterocycles. The van der Waals surface area contributed by atoms with Crippen molar-refractivity contribution >= 4 is 17.5 Å². The number of hydrogen-bond donors (Lipinski definition) is 0. The number of rotatable bonds is 5. The van der Waals surface area contributed by atoms with Crippen molar-refractivity contribution in [3.8, 4) is 0 Å². The van der Waals surface area contributed by atoms with Crippen molar-refractivity contribution in [3.63, 3.8) is 0 Å². The van der Waals surface area contributed by atoms with Gasteiger partial charge in [0.15, 0.2) is 0 Å². The van der Waals surface area contributed by atoms with Crippen molar-refractivity contribution in [2.75, 3.05) is 27.2 Å². The normalized spacial score (nSPS) is 17.6. The van der Waals surface area contributed by atoms with E-state index in [2.05, 4.69) is 17.0 Å². The van der Waals surface area contributed by atoms with Gasteiger partial charge in [-0.1, -0.05) is 35.9 Å². The molecule has 0 unspecified atom stereocenters. The van der Waals surface area contributed by atoms with Crippen molar-refractivity contribution in [1.82, 2.24) is 14.8 Å². The fourth-order valence-corrected chi connectivity index (χ4v) is 3.49. The van der Waals surface area contributed by atoms with E-state index in [1.54, 1.807) is 19.0 Å². The summed E-state index contributed by atoms with van der Waals surface area (Å²) < 4.78 is 0. The van der Waals surface area contributed by atoms with Gasteiger partial charge in [0, 0.05) is 31.2 Å². The molecule has 1 aromatic carbocycles. The number of carbonyl (C=O) groups excluding carboxylic acids is 1. The van der Waals surface area contributed by atoms with E-state index in [0.717, 1.165) is 47.8 Å². The summed E-state index contributed by atoms with van der Waals surface area (Å²) in [6.07, 6.45) is 2.86. The quantitative estimate of drug-likeness (QED) is 0.821. The van der Waals surface area contributed by atoms with Crippen LogP contribution in [0.15, 0.2) is 42.5 Å². The second-order valence-electron chi connectivity index (χ2n) is 6.74. The molecule has 5 heteroatoms. The van der Waals surface area contributed by atoms with E-state index in [4.69, 9.17) is 16.6 Å². The maximum Gasteiger partial charge on any atom is 0.236 e. The highest BCUT2D eigenvalue weighted by atomic mass is 35.5. The highest BCUT2D eigenvalue weighted by molar-refractivity contribution is 6.31. The predicted molar refractivity (Wildman–Crippen MR) is 101 cm³/mol. The molecule has 1 aliphatic rings. The Bertz CT molecular complexity index is 747. The van der Waals surface area contributed by atoms with E-state index in [9.17, 15) is 4.79 Å². The van der Waals surface area contributed by atoms with Gasteiger partial charge in [0.1, 0.15) is 0 Å². The Labute approximate surface area is 154 Å². The van der Waals surface area contributed by atoms with Crippen LogP contribution in [-0.2, 0) is 11.2 Å². The fraction of sp³-hybridized carbons (Fsp3) is 0.400. The third-order valence-electron chi connectivity index (χ3n) is 4.70. The summed E-state index contributed by atoms with van der Waals surface area (Å²) in [4.78, 5) is 20.8. The first-order valence-corrected chi connectivity index (χ1v) is 9.06. The summed E-state index contributed by atoms with van der Waals surface area (Å²) in [5.41, 5.74) is 3.14. The van der Waals surface area contributed by atoms with Gasteiger partial charge in [-0.05, 0) is 43.1 Å². The van der Waals surface area contributed by atoms with E-state index in [0.29, 0.717) is 6.54 Å². The van der Waals surface area contributed by atoms with E-state index < -0.39 is 0 Å². The molecule has 0 radical (unpaired) electrons. The Kier molecular flexibility index (Phi) is 5.71. The maximum absolute atomic E-state index is 12.1. The lowest BCUT2D eigenvalue weighted by Crippen LogP contribution is -2.36. The van der Waals surface area contributed by atoms with Crippen LogP contribution in [0.5, 0.6) is 0 Å². The van der Waals surface area contributed by atoms with Crippen LogP contribution in [0, 0.1) is 0 Å². The molecule has 1 fully saturated rings. The molecule has 0 spiro atoms. The first kappa shape index (κ1) is 17.9. The third kappa shape index (κ3) is 4.39. The zero-order valence-corrected chi connectivity index (χ0v) is 15.5. The summed E-state index contributed by atoms with van der Waals surface area (Å²) >= 11 is 6.27. The van der Waals surface area contributed by atoms with Crippen molar-refractivity contribution in [2.24, 2.45) is 0 Å². The molecule has 0 aliphatic carbocycles. The molecule has 25 heavy (non-hydrogen) atoms. The topological polar surface area (TPSA) is 36.4 Å². The monoisotopic (exact) mass is 357 g/mol. The van der Waals surface area contributed by atoms with E-state index in [1.165, 1.54) is 0 Å². The van der Waals surface area contributed by atoms with Crippen molar-refractivity contribution < 1.29 is 4.79 Å². The lowest BCUT2D eigenvalue weighted by atomic mass is 10.1. The maximum atomic E-state index is 12.1. The molecule has 2 aromatic rings. The van der Waals surface area contributed by atoms with Gasteiger partial charge < -0.3 is 4.90 Å². The van der Waals surface area contributed by atoms with E-state index >= 15 is 0 Å². The smallest absolute Gasteiger partial charge is 0.236 e. The number of halogens is 1. The summed E-state index contributed by atoms with van der Waals surface area (Å²) in [6.45, 7) is 1.40. The second-order valence-corrected chi connectivity index (χ2v) is 7.15. The first-order valence-electron chi connectivity index (χ1n) is 8.68. The Morgan fingerprint density at radius 1 is 1.24 bits per heavy atom. The van der Waals surface area contributed by atoms with E-state index in [1.807, 2.05) is 30.3 Å². The standard InChI is InChI=1S/C20H24ClN3O/c1-23(2)20(25)14-24-12-6-11-19(24)18-10-5-8-16(22-18)13-15-7-3-4-9-17(15)21/h3-5,7-10,19H,6,11-14H2,1-2H3/t19-/m0/s1. The molecule has 1 aliphatic heterocycles. The van der Waals surface area contributed by atoms with Crippen LogP contribution in [0.3, 0.4) is 0 Å². The van der Waals surface area contributed by atoms with Gasteiger partial charge in [-0.15, -0.1) is 0 Å². The Morgan fingerprint density at radius 2 is 2.04 bits per heavy atom. The van der Waals surface area contributed by atoms with Gasteiger partial charge in [-0.3, -0.25) is 14.7 Å². The Hall–Kier alpha value is -1.91. The molecule has 3 rings (SSSR count). The number of hydrogen-bond acceptors (Lipinski definition) is 3. The average Bonchev–Trinajstić information content (AvgIpc) is 3.05. The van der Waals surface area contributed by atoms with Crippen LogP contribution in [0.2, 0.25) is 5.02 Å². The number of benzene rings is 1. The van der Waals surface area contributed by atoms with Crippen LogP contribution in [0.1, 0.15) is 35.8 Å². The third-order valence-corrected chi connectivity index (χ3v) is 5.07. The van der Waals surface area contributed by atoms with Gasteiger partial charge in [-0.25, -0.2) is 0 Å². The Balaban J connectivity index is 1.76. The van der Waals surface area contributed by atoms with Gasteiger partial charge >= 0.3 is 0 Å². The van der Waals surface area contributed by atoms with E-state index in [-0.39, 0.29) is 11.9 Å². The van der Waals surface area contributed by atoms with Crippen LogP contribution in [0.25, 0.3) is 0 Å². The summed E-state index contributed by atoms with van der Waals surface area (Å²) in [5, 5.41) is 0.772. The van der Waals surface area contributed by atoms with Gasteiger partial charge in [0.2, 0.25) is 5.91 Å². The molecular weight excluding hydrogens is 334 g/mol. The molecule has 0 bridgehead atoms. The molecule has 1 atom stereocenters. The minimum atomic E-state index is 0.138. The molecule has 1 amide bonds. The van der Waals surface area contributed by atoms with Crippen LogP contribution < -0.4 is 0 Å². The largest absolute Gasteiger partial charge is 0.348 e. The summed E-state index contributed by atoms with van der Waals surface area (Å²) in [6, 6.07) is 14.3. The number of amides is 1. The van der Waals surface area contributed by atoms with Gasteiger partial charge in [-0.2, -0.15) is 0 Å². The molecular formula is C20H24ClN3O. The van der Waals surface area contributed by atoms with Crippen LogP contribution in [-0.4, -0.2) is 47.9 Å². The minimum Gasteiger partial charge on any atom is -0.348 e.